The zero-order valence-corrected chi connectivity index (χ0v) is 10.1. The highest BCUT2D eigenvalue weighted by Crippen LogP contribution is 2.36. The van der Waals surface area contributed by atoms with Crippen molar-refractivity contribution in [1.29, 1.82) is 0 Å². The number of benzene rings is 1. The van der Waals surface area contributed by atoms with Crippen molar-refractivity contribution in [2.24, 2.45) is 5.73 Å². The molecule has 1 aromatic heterocycles. The lowest BCUT2D eigenvalue weighted by Gasteiger charge is -2.13. The third-order valence-electron chi connectivity index (χ3n) is 3.26. The van der Waals surface area contributed by atoms with E-state index in [-0.39, 0.29) is 5.75 Å². The number of aliphatic hydroxyl groups excluding tert-OH is 1. The zero-order chi connectivity index (χ0) is 12.6. The second kappa shape index (κ2) is 4.39. The molecule has 0 saturated carbocycles. The van der Waals surface area contributed by atoms with E-state index in [9.17, 15) is 10.2 Å². The molecule has 0 spiro atoms. The van der Waals surface area contributed by atoms with Crippen molar-refractivity contribution in [3.8, 4) is 5.75 Å². The first kappa shape index (κ1) is 12.0. The van der Waals surface area contributed by atoms with E-state index in [2.05, 4.69) is 4.98 Å². The first-order chi connectivity index (χ1) is 8.06. The molecular weight excluding hydrogens is 216 g/mol. The Morgan fingerprint density at radius 3 is 2.71 bits per heavy atom. The van der Waals surface area contributed by atoms with Gasteiger partial charge in [-0.2, -0.15) is 0 Å². The van der Waals surface area contributed by atoms with E-state index in [4.69, 9.17) is 5.73 Å². The number of aliphatic hydroxyl groups is 1. The number of aryl methyl sites for hydroxylation is 2. The van der Waals surface area contributed by atoms with Gasteiger partial charge >= 0.3 is 0 Å². The van der Waals surface area contributed by atoms with Crippen molar-refractivity contribution in [1.82, 2.24) is 4.98 Å². The van der Waals surface area contributed by atoms with Gasteiger partial charge in [-0.3, -0.25) is 0 Å². The van der Waals surface area contributed by atoms with Crippen molar-refractivity contribution in [3.63, 3.8) is 0 Å². The molecule has 0 amide bonds. The maximum atomic E-state index is 10.1. The monoisotopic (exact) mass is 234 g/mol. The number of hydrogen-bond acceptors (Lipinski definition) is 3. The largest absolute Gasteiger partial charge is 0.508 e. The van der Waals surface area contributed by atoms with Gasteiger partial charge in [0.2, 0.25) is 0 Å². The fraction of sp³-hybridized carbons (Fsp3) is 0.385. The fourth-order valence-corrected chi connectivity index (χ4v) is 2.24. The van der Waals surface area contributed by atoms with E-state index < -0.39 is 6.10 Å². The average molecular weight is 234 g/mol. The zero-order valence-electron chi connectivity index (χ0n) is 10.1. The molecule has 17 heavy (non-hydrogen) atoms. The van der Waals surface area contributed by atoms with Crippen LogP contribution in [0, 0.1) is 13.8 Å². The highest BCUT2D eigenvalue weighted by atomic mass is 16.3. The molecule has 0 radical (unpaired) electrons. The summed E-state index contributed by atoms with van der Waals surface area (Å²) in [6.07, 6.45) is -0.284. The molecule has 1 unspecified atom stereocenters. The molecule has 0 aliphatic heterocycles. The summed E-state index contributed by atoms with van der Waals surface area (Å²) in [7, 11) is 0. The van der Waals surface area contributed by atoms with E-state index in [1.54, 1.807) is 6.07 Å². The number of phenolic OH excluding ortho intramolecular Hbond substituents is 1. The van der Waals surface area contributed by atoms with E-state index in [0.29, 0.717) is 18.5 Å². The van der Waals surface area contributed by atoms with Crippen molar-refractivity contribution in [2.45, 2.75) is 26.4 Å². The number of nitrogens with one attached hydrogen (secondary N) is 1. The third kappa shape index (κ3) is 1.90. The Morgan fingerprint density at radius 1 is 1.35 bits per heavy atom. The second-order valence-corrected chi connectivity index (χ2v) is 4.39. The van der Waals surface area contributed by atoms with Crippen LogP contribution in [0.4, 0.5) is 0 Å². The highest BCUT2D eigenvalue weighted by molar-refractivity contribution is 5.89. The summed E-state index contributed by atoms with van der Waals surface area (Å²) in [5, 5.41) is 20.9. The summed E-state index contributed by atoms with van der Waals surface area (Å²) in [6, 6.07) is 3.43. The number of fused-ring (bicyclic) bond motifs is 1. The van der Waals surface area contributed by atoms with Gasteiger partial charge in [-0.25, -0.2) is 0 Å². The lowest BCUT2D eigenvalue weighted by molar-refractivity contribution is 0.168. The minimum atomic E-state index is -0.724. The standard InChI is InChI=1S/C13H18N2O2/c1-7-8(2)15-9-3-4-10(16)13(12(7)9)11(17)5-6-14/h3-4,11,15-17H,5-6,14H2,1-2H3. The average Bonchev–Trinajstić information content (AvgIpc) is 2.56. The number of aromatic hydroxyl groups is 1. The van der Waals surface area contributed by atoms with E-state index in [1.165, 1.54) is 0 Å². The number of H-pyrrole nitrogens is 1. The molecule has 1 atom stereocenters. The van der Waals surface area contributed by atoms with Crippen LogP contribution >= 0.6 is 0 Å². The van der Waals surface area contributed by atoms with Gasteiger partial charge in [-0.15, -0.1) is 0 Å². The Hall–Kier alpha value is -1.52. The summed E-state index contributed by atoms with van der Waals surface area (Å²) >= 11 is 0. The van der Waals surface area contributed by atoms with Crippen molar-refractivity contribution >= 4 is 10.9 Å². The van der Waals surface area contributed by atoms with Crippen LogP contribution in [-0.2, 0) is 0 Å². The molecule has 1 aromatic carbocycles. The molecule has 0 aliphatic rings. The number of aromatic nitrogens is 1. The predicted molar refractivity (Wildman–Crippen MR) is 68.1 cm³/mol. The topological polar surface area (TPSA) is 82.3 Å². The predicted octanol–water partition coefficient (Wildman–Crippen LogP) is 1.87. The minimum Gasteiger partial charge on any atom is -0.508 e. The minimum absolute atomic E-state index is 0.126. The molecule has 0 saturated heterocycles. The van der Waals surface area contributed by atoms with Crippen LogP contribution in [0.25, 0.3) is 10.9 Å². The van der Waals surface area contributed by atoms with Gasteiger partial charge in [-0.1, -0.05) is 0 Å². The van der Waals surface area contributed by atoms with Crippen LogP contribution in [0.3, 0.4) is 0 Å². The number of rotatable bonds is 3. The van der Waals surface area contributed by atoms with Gasteiger partial charge in [0, 0.05) is 22.2 Å². The molecule has 1 heterocycles. The third-order valence-corrected chi connectivity index (χ3v) is 3.26. The molecule has 92 valence electrons. The van der Waals surface area contributed by atoms with E-state index >= 15 is 0 Å². The molecule has 2 aromatic rings. The molecule has 0 fully saturated rings. The normalized spacial score (nSPS) is 13.2. The Morgan fingerprint density at radius 2 is 2.06 bits per heavy atom. The van der Waals surface area contributed by atoms with Crippen LogP contribution in [0.1, 0.15) is 29.3 Å². The maximum Gasteiger partial charge on any atom is 0.122 e. The second-order valence-electron chi connectivity index (χ2n) is 4.39. The van der Waals surface area contributed by atoms with Gasteiger partial charge in [-0.05, 0) is 44.5 Å². The number of aromatic amines is 1. The summed E-state index contributed by atoms with van der Waals surface area (Å²) in [5.41, 5.74) is 9.07. The summed E-state index contributed by atoms with van der Waals surface area (Å²) < 4.78 is 0. The summed E-state index contributed by atoms with van der Waals surface area (Å²) in [5.74, 6) is 0.126. The van der Waals surface area contributed by atoms with Crippen LogP contribution in [0.5, 0.6) is 5.75 Å². The number of phenols is 1. The molecule has 0 bridgehead atoms. The van der Waals surface area contributed by atoms with E-state index in [0.717, 1.165) is 22.2 Å². The van der Waals surface area contributed by atoms with Gasteiger partial charge in [0.25, 0.3) is 0 Å². The molecule has 4 heteroatoms. The number of hydrogen-bond donors (Lipinski definition) is 4. The van der Waals surface area contributed by atoms with Crippen molar-refractivity contribution < 1.29 is 10.2 Å². The molecule has 0 aliphatic carbocycles. The molecule has 5 N–H and O–H groups in total. The first-order valence-electron chi connectivity index (χ1n) is 5.75. The Labute approximate surface area is 100 Å². The van der Waals surface area contributed by atoms with Gasteiger partial charge < -0.3 is 20.9 Å². The summed E-state index contributed by atoms with van der Waals surface area (Å²) in [4.78, 5) is 3.24. The molecule has 4 nitrogen and oxygen atoms in total. The lowest BCUT2D eigenvalue weighted by Crippen LogP contribution is -2.07. The lowest BCUT2D eigenvalue weighted by atomic mass is 9.98. The molecular formula is C13H18N2O2. The molecule has 2 rings (SSSR count). The highest BCUT2D eigenvalue weighted by Gasteiger charge is 2.18. The van der Waals surface area contributed by atoms with E-state index in [1.807, 2.05) is 19.9 Å². The maximum absolute atomic E-state index is 10.1. The van der Waals surface area contributed by atoms with Crippen LogP contribution < -0.4 is 5.73 Å². The number of nitrogens with two attached hydrogens (primary N) is 1. The van der Waals surface area contributed by atoms with Crippen LogP contribution in [0.2, 0.25) is 0 Å². The SMILES string of the molecule is Cc1[nH]c2ccc(O)c(C(O)CCN)c2c1C. The van der Waals surface area contributed by atoms with Crippen LogP contribution in [-0.4, -0.2) is 21.7 Å². The Balaban J connectivity index is 2.70. The van der Waals surface area contributed by atoms with Crippen molar-refractivity contribution in [3.05, 3.63) is 29.0 Å². The Kier molecular flexibility index (Phi) is 3.09. The van der Waals surface area contributed by atoms with Crippen LogP contribution in [0.15, 0.2) is 12.1 Å². The van der Waals surface area contributed by atoms with Gasteiger partial charge in [0.05, 0.1) is 6.10 Å². The quantitative estimate of drug-likeness (QED) is 0.654. The smallest absolute Gasteiger partial charge is 0.122 e. The van der Waals surface area contributed by atoms with Crippen molar-refractivity contribution in [2.75, 3.05) is 6.54 Å². The van der Waals surface area contributed by atoms with Gasteiger partial charge in [0.1, 0.15) is 5.75 Å². The van der Waals surface area contributed by atoms with Gasteiger partial charge in [0.15, 0.2) is 0 Å². The fourth-order valence-electron chi connectivity index (χ4n) is 2.24. The first-order valence-corrected chi connectivity index (χ1v) is 5.75. The Bertz CT molecular complexity index is 546. The summed E-state index contributed by atoms with van der Waals surface area (Å²) in [6.45, 7) is 4.34.